The lowest BCUT2D eigenvalue weighted by Crippen LogP contribution is -2.45. The molecular weight excluding hydrogens is 304 g/mol. The molecule has 3 N–H and O–H groups in total. The maximum absolute atomic E-state index is 12.7. The van der Waals surface area contributed by atoms with Crippen molar-refractivity contribution in [2.75, 3.05) is 31.9 Å². The molecule has 0 aromatic heterocycles. The molecule has 0 radical (unpaired) electrons. The average molecular weight is 324 g/mol. The third-order valence-electron chi connectivity index (χ3n) is 2.26. The Morgan fingerprint density at radius 2 is 1.79 bits per heavy atom. The number of hydrogen-bond acceptors (Lipinski definition) is 4. The predicted molar refractivity (Wildman–Crippen MR) is 71.0 cm³/mol. The van der Waals surface area contributed by atoms with Crippen LogP contribution in [0.3, 0.4) is 0 Å². The second-order valence-corrected chi connectivity index (χ2v) is 5.65. The van der Waals surface area contributed by atoms with Crippen molar-refractivity contribution < 1.29 is 22.0 Å². The highest BCUT2D eigenvalue weighted by Gasteiger charge is 2.29. The first kappa shape index (κ1) is 20.8. The monoisotopic (exact) mass is 323 g/mol. The van der Waals surface area contributed by atoms with Gasteiger partial charge < -0.3 is 11.1 Å². The number of rotatable bonds is 8. The Bertz CT molecular complexity index is 375. The van der Waals surface area contributed by atoms with E-state index < -0.39 is 40.7 Å². The Kier molecular flexibility index (Phi) is 9.44. The van der Waals surface area contributed by atoms with Gasteiger partial charge in [0.25, 0.3) is 5.92 Å². The van der Waals surface area contributed by atoms with Gasteiger partial charge in [-0.25, -0.2) is 21.5 Å². The van der Waals surface area contributed by atoms with Crippen LogP contribution < -0.4 is 11.1 Å². The molecule has 0 fully saturated rings. The minimum absolute atomic E-state index is 0. The van der Waals surface area contributed by atoms with Gasteiger partial charge >= 0.3 is 0 Å². The van der Waals surface area contributed by atoms with E-state index >= 15 is 0 Å². The molecule has 0 aliphatic heterocycles. The van der Waals surface area contributed by atoms with E-state index in [2.05, 4.69) is 0 Å². The number of alkyl halides is 2. The van der Waals surface area contributed by atoms with E-state index in [1.54, 1.807) is 13.8 Å². The average Bonchev–Trinajstić information content (AvgIpc) is 2.27. The molecular formula is C9H20ClF2N3O3S. The highest BCUT2D eigenvalue weighted by molar-refractivity contribution is 7.89. The fraction of sp³-hybridized carbons (Fsp3) is 0.889. The van der Waals surface area contributed by atoms with Crippen LogP contribution in [-0.4, -0.2) is 56.5 Å². The second kappa shape index (κ2) is 8.62. The number of amides is 1. The van der Waals surface area contributed by atoms with Crippen molar-refractivity contribution in [3.8, 4) is 0 Å². The topological polar surface area (TPSA) is 92.5 Å². The molecule has 0 atom stereocenters. The molecule has 0 spiro atoms. The maximum Gasteiger partial charge on any atom is 0.277 e. The molecule has 0 unspecified atom stereocenters. The normalized spacial score (nSPS) is 12.1. The zero-order valence-electron chi connectivity index (χ0n) is 10.9. The number of carbonyl (C=O) groups is 1. The fourth-order valence-corrected chi connectivity index (χ4v) is 2.63. The number of sulfonamides is 1. The highest BCUT2D eigenvalue weighted by Crippen LogP contribution is 2.08. The lowest BCUT2D eigenvalue weighted by atomic mass is 10.3. The van der Waals surface area contributed by atoms with Crippen LogP contribution in [0.4, 0.5) is 8.78 Å². The van der Waals surface area contributed by atoms with E-state index in [4.69, 9.17) is 5.73 Å². The van der Waals surface area contributed by atoms with Crippen molar-refractivity contribution >= 4 is 28.3 Å². The summed E-state index contributed by atoms with van der Waals surface area (Å²) in [4.78, 5) is 11.3. The molecule has 0 bridgehead atoms. The summed E-state index contributed by atoms with van der Waals surface area (Å²) in [5.74, 6) is -5.03. The second-order valence-electron chi connectivity index (χ2n) is 3.68. The van der Waals surface area contributed by atoms with Crippen LogP contribution in [-0.2, 0) is 14.8 Å². The van der Waals surface area contributed by atoms with Gasteiger partial charge in [-0.2, -0.15) is 0 Å². The van der Waals surface area contributed by atoms with Gasteiger partial charge in [-0.3, -0.25) is 4.79 Å². The quantitative estimate of drug-likeness (QED) is 0.646. The first-order valence-corrected chi connectivity index (χ1v) is 7.11. The summed E-state index contributed by atoms with van der Waals surface area (Å²) in [5.41, 5.74) is 4.78. The smallest absolute Gasteiger partial charge is 0.277 e. The van der Waals surface area contributed by atoms with E-state index in [-0.39, 0.29) is 25.5 Å². The minimum atomic E-state index is -3.75. The van der Waals surface area contributed by atoms with Gasteiger partial charge in [-0.05, 0) is 0 Å². The molecule has 0 saturated heterocycles. The van der Waals surface area contributed by atoms with Crippen LogP contribution in [0.2, 0.25) is 0 Å². The van der Waals surface area contributed by atoms with Crippen molar-refractivity contribution in [3.05, 3.63) is 0 Å². The molecule has 0 heterocycles. The van der Waals surface area contributed by atoms with Crippen molar-refractivity contribution in [2.24, 2.45) is 5.73 Å². The van der Waals surface area contributed by atoms with Gasteiger partial charge in [0, 0.05) is 13.1 Å². The molecule has 0 aromatic rings. The first-order valence-electron chi connectivity index (χ1n) is 5.51. The Morgan fingerprint density at radius 3 is 2.16 bits per heavy atom. The summed E-state index contributed by atoms with van der Waals surface area (Å²) in [6, 6.07) is 0. The largest absolute Gasteiger partial charge is 0.349 e. The van der Waals surface area contributed by atoms with Gasteiger partial charge in [-0.15, -0.1) is 12.4 Å². The zero-order valence-corrected chi connectivity index (χ0v) is 12.5. The highest BCUT2D eigenvalue weighted by atomic mass is 35.5. The standard InChI is InChI=1S/C9H19F2N3O3S.ClH/c1-3-14(4-2)18(16,17)5-8(15)13-7-9(10,11)6-12;/h3-7,12H2,1-2H3,(H,13,15);1H. The van der Waals surface area contributed by atoms with Crippen LogP contribution in [0, 0.1) is 0 Å². The summed E-state index contributed by atoms with van der Waals surface area (Å²) in [6.45, 7) is 1.84. The van der Waals surface area contributed by atoms with Gasteiger partial charge in [0.15, 0.2) is 0 Å². The van der Waals surface area contributed by atoms with E-state index in [1.165, 1.54) is 0 Å². The summed E-state index contributed by atoms with van der Waals surface area (Å²) in [7, 11) is -3.75. The molecule has 116 valence electrons. The lowest BCUT2D eigenvalue weighted by molar-refractivity contribution is -0.120. The third kappa shape index (κ3) is 7.61. The summed E-state index contributed by atoms with van der Waals surface area (Å²) >= 11 is 0. The number of nitrogens with zero attached hydrogens (tertiary/aromatic N) is 1. The Morgan fingerprint density at radius 1 is 1.32 bits per heavy atom. The molecule has 6 nitrogen and oxygen atoms in total. The lowest BCUT2D eigenvalue weighted by Gasteiger charge is -2.19. The number of halogens is 3. The number of carbonyl (C=O) groups excluding carboxylic acids is 1. The van der Waals surface area contributed by atoms with Crippen LogP contribution in [0.5, 0.6) is 0 Å². The van der Waals surface area contributed by atoms with Crippen LogP contribution in [0.25, 0.3) is 0 Å². The summed E-state index contributed by atoms with van der Waals surface area (Å²) < 4.78 is 49.9. The van der Waals surface area contributed by atoms with E-state index in [0.29, 0.717) is 0 Å². The predicted octanol–water partition coefficient (Wildman–Crippen LogP) is -0.210. The minimum Gasteiger partial charge on any atom is -0.349 e. The Labute approximate surface area is 118 Å². The van der Waals surface area contributed by atoms with Crippen molar-refractivity contribution in [1.29, 1.82) is 0 Å². The maximum atomic E-state index is 12.7. The summed E-state index contributed by atoms with van der Waals surface area (Å²) in [5, 5.41) is 1.86. The molecule has 0 aliphatic rings. The third-order valence-corrected chi connectivity index (χ3v) is 4.19. The Balaban J connectivity index is 0. The van der Waals surface area contributed by atoms with Crippen molar-refractivity contribution in [1.82, 2.24) is 9.62 Å². The van der Waals surface area contributed by atoms with E-state index in [1.807, 2.05) is 5.32 Å². The Hall–Kier alpha value is -0.510. The molecule has 19 heavy (non-hydrogen) atoms. The van der Waals surface area contributed by atoms with Gasteiger partial charge in [0.05, 0.1) is 13.1 Å². The number of hydrogen-bond donors (Lipinski definition) is 2. The molecule has 0 aromatic carbocycles. The van der Waals surface area contributed by atoms with E-state index in [0.717, 1.165) is 4.31 Å². The number of nitrogens with two attached hydrogens (primary N) is 1. The van der Waals surface area contributed by atoms with Gasteiger partial charge in [-0.1, -0.05) is 13.8 Å². The van der Waals surface area contributed by atoms with Crippen LogP contribution in [0.1, 0.15) is 13.8 Å². The van der Waals surface area contributed by atoms with Crippen molar-refractivity contribution in [3.63, 3.8) is 0 Å². The molecule has 1 amide bonds. The number of nitrogens with one attached hydrogen (secondary N) is 1. The van der Waals surface area contributed by atoms with Crippen LogP contribution >= 0.6 is 12.4 Å². The molecule has 0 rings (SSSR count). The molecule has 0 saturated carbocycles. The summed E-state index contributed by atoms with van der Waals surface area (Å²) in [6.07, 6.45) is 0. The van der Waals surface area contributed by atoms with Gasteiger partial charge in [0.2, 0.25) is 15.9 Å². The molecule has 0 aliphatic carbocycles. The van der Waals surface area contributed by atoms with Crippen LogP contribution in [0.15, 0.2) is 0 Å². The zero-order chi connectivity index (χ0) is 14.4. The van der Waals surface area contributed by atoms with Gasteiger partial charge in [0.1, 0.15) is 5.75 Å². The van der Waals surface area contributed by atoms with Crippen molar-refractivity contribution in [2.45, 2.75) is 19.8 Å². The fourth-order valence-electron chi connectivity index (χ4n) is 1.23. The SMILES string of the molecule is CCN(CC)S(=O)(=O)CC(=O)NCC(F)(F)CN.Cl. The van der Waals surface area contributed by atoms with E-state index in [9.17, 15) is 22.0 Å². The molecule has 10 heteroatoms. The first-order chi connectivity index (χ1) is 8.18.